The van der Waals surface area contributed by atoms with Gasteiger partial charge in [-0.3, -0.25) is 0 Å². The Kier molecular flexibility index (Phi) is 4.28. The summed E-state index contributed by atoms with van der Waals surface area (Å²) in [6.45, 7) is 2.18. The van der Waals surface area contributed by atoms with E-state index in [1.165, 1.54) is 27.3 Å². The van der Waals surface area contributed by atoms with Gasteiger partial charge < -0.3 is 0 Å². The van der Waals surface area contributed by atoms with E-state index in [9.17, 15) is 5.26 Å². The van der Waals surface area contributed by atoms with Crippen LogP contribution in [0.4, 0.5) is 0 Å². The van der Waals surface area contributed by atoms with Crippen LogP contribution in [0.3, 0.4) is 0 Å². The molecule has 0 spiro atoms. The van der Waals surface area contributed by atoms with E-state index in [4.69, 9.17) is 0 Å². The van der Waals surface area contributed by atoms with Gasteiger partial charge in [-0.1, -0.05) is 48.5 Å². The Labute approximate surface area is 192 Å². The van der Waals surface area contributed by atoms with Gasteiger partial charge in [0, 0.05) is 17.0 Å². The minimum atomic E-state index is 0.663. The van der Waals surface area contributed by atoms with Crippen LogP contribution in [-0.4, -0.2) is 4.57 Å². The predicted molar refractivity (Wildman–Crippen MR) is 134 cm³/mol. The number of hydrogen-bond acceptors (Lipinski definition) is 1. The fraction of sp³-hybridized carbons (Fsp3) is 0.0667. The molecule has 0 bridgehead atoms. The number of nitriles is 1. The summed E-state index contributed by atoms with van der Waals surface area (Å²) in [5, 5.41) is 14.3. The number of para-hydroxylation sites is 1. The van der Waals surface area contributed by atoms with Gasteiger partial charge in [0.25, 0.3) is 5.65 Å². The SMILES string of the molecule is Cc1cc2ccccc2cc1-c1ccc2c3ccc(C#N)cc3n(-c3ccccc3)c2[n+]1C. The molecule has 0 saturated heterocycles. The molecule has 0 unspecified atom stereocenters. The molecular formula is C30H22N3+. The van der Waals surface area contributed by atoms with Crippen LogP contribution in [0.15, 0.2) is 97.1 Å². The topological polar surface area (TPSA) is 32.6 Å². The average Bonchev–Trinajstić information content (AvgIpc) is 3.19. The van der Waals surface area contributed by atoms with Gasteiger partial charge >= 0.3 is 0 Å². The normalized spacial score (nSPS) is 11.3. The summed E-state index contributed by atoms with van der Waals surface area (Å²) in [4.78, 5) is 0. The quantitative estimate of drug-likeness (QED) is 0.288. The second kappa shape index (κ2) is 7.32. The molecule has 6 rings (SSSR count). The first-order chi connectivity index (χ1) is 16.2. The van der Waals surface area contributed by atoms with Gasteiger partial charge in [-0.2, -0.15) is 9.83 Å². The molecule has 0 N–H and O–H groups in total. The molecule has 2 aromatic heterocycles. The summed E-state index contributed by atoms with van der Waals surface area (Å²) >= 11 is 0. The van der Waals surface area contributed by atoms with Gasteiger partial charge in [-0.05, 0) is 65.7 Å². The Morgan fingerprint density at radius 2 is 1.45 bits per heavy atom. The van der Waals surface area contributed by atoms with Crippen molar-refractivity contribution in [3.8, 4) is 23.0 Å². The zero-order valence-corrected chi connectivity index (χ0v) is 18.6. The number of rotatable bonds is 2. The molecule has 0 aliphatic rings. The van der Waals surface area contributed by atoms with E-state index in [1.54, 1.807) is 0 Å². The first kappa shape index (κ1) is 19.3. The number of nitrogens with zero attached hydrogens (tertiary/aromatic N) is 3. The standard InChI is InChI=1S/C30H22N3/c1-20-16-22-8-6-7-9-23(22)18-27(20)28-15-14-26-25-13-12-21(19-31)17-29(25)33(30(26)32(28)2)24-10-4-3-5-11-24/h3-18H,1-2H3/q+1. The number of pyridine rings is 1. The lowest BCUT2D eigenvalue weighted by Gasteiger charge is -2.11. The first-order valence-electron chi connectivity index (χ1n) is 11.1. The molecule has 0 fully saturated rings. The zero-order chi connectivity index (χ0) is 22.5. The van der Waals surface area contributed by atoms with Gasteiger partial charge in [0.1, 0.15) is 16.9 Å². The van der Waals surface area contributed by atoms with Crippen molar-refractivity contribution in [1.82, 2.24) is 4.57 Å². The minimum absolute atomic E-state index is 0.663. The van der Waals surface area contributed by atoms with Gasteiger partial charge in [0.2, 0.25) is 0 Å². The van der Waals surface area contributed by atoms with Crippen molar-refractivity contribution in [1.29, 1.82) is 5.26 Å². The maximum Gasteiger partial charge on any atom is 0.295 e. The molecule has 0 aliphatic carbocycles. The van der Waals surface area contributed by atoms with Gasteiger partial charge in [0.15, 0.2) is 0 Å². The van der Waals surface area contributed by atoms with Crippen LogP contribution in [0.1, 0.15) is 11.1 Å². The summed E-state index contributed by atoms with van der Waals surface area (Å²) in [6, 6.07) is 36.1. The van der Waals surface area contributed by atoms with Crippen molar-refractivity contribution in [3.63, 3.8) is 0 Å². The van der Waals surface area contributed by atoms with Crippen LogP contribution in [0.25, 0.3) is 49.7 Å². The van der Waals surface area contributed by atoms with E-state index >= 15 is 0 Å². The summed E-state index contributed by atoms with van der Waals surface area (Å²) in [7, 11) is 2.13. The highest BCUT2D eigenvalue weighted by molar-refractivity contribution is 6.07. The molecule has 0 radical (unpaired) electrons. The number of aromatic nitrogens is 2. The summed E-state index contributed by atoms with van der Waals surface area (Å²) in [5.74, 6) is 0. The molecule has 4 aromatic carbocycles. The fourth-order valence-electron chi connectivity index (χ4n) is 4.99. The van der Waals surface area contributed by atoms with Crippen molar-refractivity contribution in [3.05, 3.63) is 108 Å². The summed E-state index contributed by atoms with van der Waals surface area (Å²) < 4.78 is 4.55. The zero-order valence-electron chi connectivity index (χ0n) is 18.6. The van der Waals surface area contributed by atoms with Gasteiger partial charge in [-0.15, -0.1) is 0 Å². The molecule has 2 heterocycles. The highest BCUT2D eigenvalue weighted by atomic mass is 15.1. The van der Waals surface area contributed by atoms with Crippen molar-refractivity contribution in [2.45, 2.75) is 6.92 Å². The van der Waals surface area contributed by atoms with E-state index in [1.807, 2.05) is 18.2 Å². The van der Waals surface area contributed by atoms with Crippen LogP contribution in [0.5, 0.6) is 0 Å². The average molecular weight is 425 g/mol. The predicted octanol–water partition coefficient (Wildman–Crippen LogP) is 6.61. The Bertz CT molecular complexity index is 1730. The molecule has 6 aromatic rings. The van der Waals surface area contributed by atoms with Crippen molar-refractivity contribution in [2.24, 2.45) is 7.05 Å². The van der Waals surface area contributed by atoms with E-state index in [0.29, 0.717) is 5.56 Å². The van der Waals surface area contributed by atoms with Crippen LogP contribution in [-0.2, 0) is 7.05 Å². The third kappa shape index (κ3) is 2.92. The van der Waals surface area contributed by atoms with Crippen molar-refractivity contribution >= 4 is 32.7 Å². The van der Waals surface area contributed by atoms with Crippen molar-refractivity contribution in [2.75, 3.05) is 0 Å². The molecule has 3 nitrogen and oxygen atoms in total. The molecule has 0 saturated carbocycles. The number of benzene rings is 4. The second-order valence-corrected chi connectivity index (χ2v) is 8.54. The highest BCUT2D eigenvalue weighted by Crippen LogP contribution is 2.33. The maximum absolute atomic E-state index is 9.53. The van der Waals surface area contributed by atoms with Crippen LogP contribution < -0.4 is 4.57 Å². The molecular weight excluding hydrogens is 402 g/mol. The molecule has 156 valence electrons. The molecule has 3 heteroatoms. The van der Waals surface area contributed by atoms with Crippen molar-refractivity contribution < 1.29 is 4.57 Å². The van der Waals surface area contributed by atoms with E-state index in [2.05, 4.69) is 108 Å². The lowest BCUT2D eigenvalue weighted by atomic mass is 9.99. The Morgan fingerprint density at radius 1 is 0.758 bits per heavy atom. The number of fused-ring (bicyclic) bond motifs is 4. The lowest BCUT2D eigenvalue weighted by Crippen LogP contribution is -2.34. The smallest absolute Gasteiger partial charge is 0.229 e. The molecule has 0 atom stereocenters. The Balaban J connectivity index is 1.73. The highest BCUT2D eigenvalue weighted by Gasteiger charge is 2.24. The van der Waals surface area contributed by atoms with Crippen LogP contribution >= 0.6 is 0 Å². The number of hydrogen-bond donors (Lipinski definition) is 0. The lowest BCUT2D eigenvalue weighted by molar-refractivity contribution is -0.636. The monoisotopic (exact) mass is 424 g/mol. The fourth-order valence-corrected chi connectivity index (χ4v) is 4.99. The van der Waals surface area contributed by atoms with Gasteiger partial charge in [-0.25, -0.2) is 4.57 Å². The Hall–Kier alpha value is -4.42. The van der Waals surface area contributed by atoms with E-state index < -0.39 is 0 Å². The molecule has 33 heavy (non-hydrogen) atoms. The Morgan fingerprint density at radius 3 is 2.21 bits per heavy atom. The minimum Gasteiger partial charge on any atom is -0.229 e. The third-order valence-electron chi connectivity index (χ3n) is 6.58. The third-order valence-corrected chi connectivity index (χ3v) is 6.58. The van der Waals surface area contributed by atoms with E-state index in [-0.39, 0.29) is 0 Å². The van der Waals surface area contributed by atoms with Crippen LogP contribution in [0.2, 0.25) is 0 Å². The maximum atomic E-state index is 9.53. The summed E-state index contributed by atoms with van der Waals surface area (Å²) in [5.41, 5.74) is 7.52. The first-order valence-corrected chi connectivity index (χ1v) is 11.1. The largest absolute Gasteiger partial charge is 0.295 e. The molecule has 0 aliphatic heterocycles. The van der Waals surface area contributed by atoms with Gasteiger partial charge in [0.05, 0.1) is 24.1 Å². The molecule has 0 amide bonds. The van der Waals surface area contributed by atoms with Crippen LogP contribution in [0, 0.1) is 18.3 Å². The number of aryl methyl sites for hydroxylation is 2. The summed E-state index contributed by atoms with van der Waals surface area (Å²) in [6.07, 6.45) is 0. The van der Waals surface area contributed by atoms with E-state index in [0.717, 1.165) is 27.9 Å². The second-order valence-electron chi connectivity index (χ2n) is 8.54.